The molecule has 114 valence electrons. The van der Waals surface area contributed by atoms with Gasteiger partial charge in [-0.25, -0.2) is 0 Å². The third-order valence-corrected chi connectivity index (χ3v) is 2.96. The number of benzene rings is 1. The van der Waals surface area contributed by atoms with E-state index in [1.54, 1.807) is 19.2 Å². The Hall–Kier alpha value is -1.27. The largest absolute Gasteiger partial charge is 0.573 e. The molecule has 0 aliphatic heterocycles. The zero-order valence-corrected chi connectivity index (χ0v) is 11.8. The van der Waals surface area contributed by atoms with Crippen LogP contribution in [-0.4, -0.2) is 25.1 Å². The van der Waals surface area contributed by atoms with Gasteiger partial charge in [-0.1, -0.05) is 12.1 Å². The molecule has 0 radical (unpaired) electrons. The third kappa shape index (κ3) is 6.25. The molecule has 1 unspecified atom stereocenters. The number of nitrogens with two attached hydrogens (primary N) is 1. The molecular formula is C14H20F3NO2. The molecule has 1 aromatic carbocycles. The van der Waals surface area contributed by atoms with Gasteiger partial charge in [0.25, 0.3) is 0 Å². The lowest BCUT2D eigenvalue weighted by Gasteiger charge is -2.26. The second kappa shape index (κ2) is 6.45. The summed E-state index contributed by atoms with van der Waals surface area (Å²) >= 11 is 0. The number of ether oxygens (including phenoxy) is 2. The van der Waals surface area contributed by atoms with Gasteiger partial charge < -0.3 is 15.2 Å². The standard InChI is InChI=1S/C14H20F3NO2/c1-13(2,19-3)9-11(18)8-10-4-6-12(7-5-10)20-14(15,16)17/h4-7,11H,8-9,18H2,1-3H3. The first kappa shape index (κ1) is 16.8. The molecule has 0 aliphatic rings. The number of hydrogen-bond acceptors (Lipinski definition) is 3. The highest BCUT2D eigenvalue weighted by molar-refractivity contribution is 5.28. The SMILES string of the molecule is COC(C)(C)CC(N)Cc1ccc(OC(F)(F)F)cc1. The fraction of sp³-hybridized carbons (Fsp3) is 0.571. The molecule has 0 aliphatic carbocycles. The fourth-order valence-corrected chi connectivity index (χ4v) is 1.92. The van der Waals surface area contributed by atoms with Gasteiger partial charge in [-0.2, -0.15) is 0 Å². The Morgan fingerprint density at radius 3 is 2.15 bits per heavy atom. The molecule has 0 amide bonds. The molecule has 3 nitrogen and oxygen atoms in total. The van der Waals surface area contributed by atoms with Crippen molar-refractivity contribution in [3.8, 4) is 5.75 Å². The van der Waals surface area contributed by atoms with E-state index in [0.717, 1.165) is 5.56 Å². The minimum atomic E-state index is -4.67. The maximum absolute atomic E-state index is 12.0. The first-order valence-electron chi connectivity index (χ1n) is 6.27. The van der Waals surface area contributed by atoms with Gasteiger partial charge in [-0.05, 0) is 44.4 Å². The van der Waals surface area contributed by atoms with Crippen LogP contribution in [0.2, 0.25) is 0 Å². The number of rotatable bonds is 6. The van der Waals surface area contributed by atoms with Crippen molar-refractivity contribution in [1.82, 2.24) is 0 Å². The first-order chi connectivity index (χ1) is 9.11. The summed E-state index contributed by atoms with van der Waals surface area (Å²) in [5.41, 5.74) is 6.56. The van der Waals surface area contributed by atoms with Crippen molar-refractivity contribution in [3.05, 3.63) is 29.8 Å². The Kier molecular flexibility index (Phi) is 5.42. The normalized spacial score (nSPS) is 14.2. The molecular weight excluding hydrogens is 271 g/mol. The van der Waals surface area contributed by atoms with Gasteiger partial charge in [0.05, 0.1) is 5.60 Å². The minimum Gasteiger partial charge on any atom is -0.406 e. The highest BCUT2D eigenvalue weighted by Gasteiger charge is 2.31. The van der Waals surface area contributed by atoms with Crippen LogP contribution < -0.4 is 10.5 Å². The van der Waals surface area contributed by atoms with Crippen LogP contribution in [0, 0.1) is 0 Å². The van der Waals surface area contributed by atoms with Crippen molar-refractivity contribution < 1.29 is 22.6 Å². The Bertz CT molecular complexity index is 415. The summed E-state index contributed by atoms with van der Waals surface area (Å²) in [6.07, 6.45) is -3.44. The molecule has 0 saturated carbocycles. The molecule has 1 atom stereocenters. The van der Waals surface area contributed by atoms with Crippen LogP contribution in [0.1, 0.15) is 25.8 Å². The van der Waals surface area contributed by atoms with E-state index in [0.29, 0.717) is 12.8 Å². The van der Waals surface area contributed by atoms with Crippen LogP contribution >= 0.6 is 0 Å². The molecule has 0 aromatic heterocycles. The van der Waals surface area contributed by atoms with Crippen molar-refractivity contribution in [2.45, 2.75) is 44.7 Å². The lowest BCUT2D eigenvalue weighted by atomic mass is 9.95. The lowest BCUT2D eigenvalue weighted by Crippen LogP contribution is -2.35. The van der Waals surface area contributed by atoms with Crippen LogP contribution in [0.3, 0.4) is 0 Å². The Morgan fingerprint density at radius 1 is 1.15 bits per heavy atom. The van der Waals surface area contributed by atoms with E-state index in [1.165, 1.54) is 12.1 Å². The Morgan fingerprint density at radius 2 is 1.70 bits per heavy atom. The summed E-state index contributed by atoms with van der Waals surface area (Å²) < 4.78 is 45.2. The number of halogens is 3. The summed E-state index contributed by atoms with van der Waals surface area (Å²) in [7, 11) is 1.62. The van der Waals surface area contributed by atoms with Crippen LogP contribution in [0.4, 0.5) is 13.2 Å². The molecule has 0 fully saturated rings. The van der Waals surface area contributed by atoms with Gasteiger partial charge in [0, 0.05) is 13.2 Å². The predicted molar refractivity (Wildman–Crippen MR) is 70.5 cm³/mol. The number of methoxy groups -OCH3 is 1. The number of alkyl halides is 3. The zero-order valence-electron chi connectivity index (χ0n) is 11.8. The van der Waals surface area contributed by atoms with E-state index in [1.807, 2.05) is 13.8 Å². The highest BCUT2D eigenvalue weighted by Crippen LogP contribution is 2.23. The van der Waals surface area contributed by atoms with Crippen molar-refractivity contribution in [3.63, 3.8) is 0 Å². The molecule has 0 spiro atoms. The Labute approximate surface area is 116 Å². The van der Waals surface area contributed by atoms with Gasteiger partial charge in [0.2, 0.25) is 0 Å². The molecule has 1 rings (SSSR count). The summed E-state index contributed by atoms with van der Waals surface area (Å²) in [6, 6.07) is 5.62. The average molecular weight is 291 g/mol. The average Bonchev–Trinajstić information content (AvgIpc) is 2.29. The minimum absolute atomic E-state index is 0.126. The Balaban J connectivity index is 2.57. The van der Waals surface area contributed by atoms with Gasteiger partial charge in [-0.15, -0.1) is 13.2 Å². The van der Waals surface area contributed by atoms with E-state index in [-0.39, 0.29) is 17.4 Å². The van der Waals surface area contributed by atoms with Gasteiger partial charge >= 0.3 is 6.36 Å². The van der Waals surface area contributed by atoms with Crippen LogP contribution in [0.15, 0.2) is 24.3 Å². The van der Waals surface area contributed by atoms with Crippen LogP contribution in [0.25, 0.3) is 0 Å². The summed E-state index contributed by atoms with van der Waals surface area (Å²) in [6.45, 7) is 3.88. The van der Waals surface area contributed by atoms with Crippen LogP contribution in [-0.2, 0) is 11.2 Å². The molecule has 0 heterocycles. The van der Waals surface area contributed by atoms with Crippen molar-refractivity contribution in [2.24, 2.45) is 5.73 Å². The van der Waals surface area contributed by atoms with E-state index in [9.17, 15) is 13.2 Å². The fourth-order valence-electron chi connectivity index (χ4n) is 1.92. The summed E-state index contributed by atoms with van der Waals surface area (Å²) in [4.78, 5) is 0. The molecule has 0 bridgehead atoms. The van der Waals surface area contributed by atoms with Crippen molar-refractivity contribution in [2.75, 3.05) is 7.11 Å². The van der Waals surface area contributed by atoms with Crippen molar-refractivity contribution >= 4 is 0 Å². The maximum Gasteiger partial charge on any atom is 0.573 e. The van der Waals surface area contributed by atoms with Gasteiger partial charge in [-0.3, -0.25) is 0 Å². The molecule has 1 aromatic rings. The molecule has 6 heteroatoms. The third-order valence-electron chi connectivity index (χ3n) is 2.96. The summed E-state index contributed by atoms with van der Waals surface area (Å²) in [5, 5.41) is 0. The van der Waals surface area contributed by atoms with Crippen molar-refractivity contribution in [1.29, 1.82) is 0 Å². The van der Waals surface area contributed by atoms with E-state index in [2.05, 4.69) is 4.74 Å². The van der Waals surface area contributed by atoms with E-state index < -0.39 is 6.36 Å². The second-order valence-electron chi connectivity index (χ2n) is 5.32. The smallest absolute Gasteiger partial charge is 0.406 e. The van der Waals surface area contributed by atoms with E-state index >= 15 is 0 Å². The molecule has 2 N–H and O–H groups in total. The predicted octanol–water partition coefficient (Wildman–Crippen LogP) is 3.27. The van der Waals surface area contributed by atoms with E-state index in [4.69, 9.17) is 10.5 Å². The van der Waals surface area contributed by atoms with Gasteiger partial charge in [0.15, 0.2) is 0 Å². The monoisotopic (exact) mass is 291 g/mol. The summed E-state index contributed by atoms with van der Waals surface area (Å²) in [5.74, 6) is -0.230. The first-order valence-corrected chi connectivity index (χ1v) is 6.27. The second-order valence-corrected chi connectivity index (χ2v) is 5.32. The lowest BCUT2D eigenvalue weighted by molar-refractivity contribution is -0.274. The molecule has 0 saturated heterocycles. The topological polar surface area (TPSA) is 44.5 Å². The number of hydrogen-bond donors (Lipinski definition) is 1. The van der Waals surface area contributed by atoms with Crippen LogP contribution in [0.5, 0.6) is 5.75 Å². The van der Waals surface area contributed by atoms with Gasteiger partial charge in [0.1, 0.15) is 5.75 Å². The molecule has 20 heavy (non-hydrogen) atoms. The maximum atomic E-state index is 12.0. The zero-order chi connectivity index (χ0) is 15.4. The quantitative estimate of drug-likeness (QED) is 0.875. The highest BCUT2D eigenvalue weighted by atomic mass is 19.4.